The van der Waals surface area contributed by atoms with Crippen LogP contribution in [0.15, 0.2) is 78.9 Å². The van der Waals surface area contributed by atoms with Crippen molar-refractivity contribution in [1.82, 2.24) is 5.32 Å². The molecule has 0 heterocycles. The van der Waals surface area contributed by atoms with Crippen LogP contribution in [-0.2, 0) is 13.0 Å². The van der Waals surface area contributed by atoms with E-state index in [1.165, 1.54) is 0 Å². The van der Waals surface area contributed by atoms with Gasteiger partial charge in [0.1, 0.15) is 18.1 Å². The number of nitrogens with one attached hydrogen (secondary N) is 1. The number of para-hydroxylation sites is 2. The smallest absolute Gasteiger partial charge is 0.251 e. The fourth-order valence-corrected chi connectivity index (χ4v) is 2.86. The van der Waals surface area contributed by atoms with Gasteiger partial charge in [0.25, 0.3) is 5.91 Å². The Balaban J connectivity index is 1.59. The number of hydrogen-bond acceptors (Lipinski definition) is 3. The molecule has 4 nitrogen and oxygen atoms in total. The highest BCUT2D eigenvalue weighted by Gasteiger charge is 2.11. The van der Waals surface area contributed by atoms with E-state index in [2.05, 4.69) is 5.32 Å². The molecule has 3 rings (SSSR count). The average molecular weight is 361 g/mol. The van der Waals surface area contributed by atoms with Gasteiger partial charge in [0.15, 0.2) is 0 Å². The molecular weight excluding hydrogens is 338 g/mol. The lowest BCUT2D eigenvalue weighted by Crippen LogP contribution is -2.27. The summed E-state index contributed by atoms with van der Waals surface area (Å²) in [6.45, 7) is 0.882. The predicted octanol–water partition coefficient (Wildman–Crippen LogP) is 4.25. The number of carbonyl (C=O) groups is 1. The van der Waals surface area contributed by atoms with Gasteiger partial charge in [-0.15, -0.1) is 0 Å². The van der Waals surface area contributed by atoms with E-state index in [1.807, 2.05) is 78.9 Å². The molecule has 0 fully saturated rings. The molecule has 0 radical (unpaired) electrons. The molecule has 0 aliphatic rings. The summed E-state index contributed by atoms with van der Waals surface area (Å²) >= 11 is 0. The molecule has 3 aromatic rings. The second kappa shape index (κ2) is 9.43. The molecule has 27 heavy (non-hydrogen) atoms. The molecular formula is C23H23NO3. The lowest BCUT2D eigenvalue weighted by molar-refractivity contribution is 0.0951. The highest BCUT2D eigenvalue weighted by atomic mass is 16.5. The van der Waals surface area contributed by atoms with Crippen molar-refractivity contribution < 1.29 is 14.3 Å². The Kier molecular flexibility index (Phi) is 6.47. The van der Waals surface area contributed by atoms with E-state index in [0.29, 0.717) is 25.1 Å². The van der Waals surface area contributed by atoms with Gasteiger partial charge >= 0.3 is 0 Å². The molecule has 0 aliphatic heterocycles. The highest BCUT2D eigenvalue weighted by Crippen LogP contribution is 2.18. The third-order valence-corrected chi connectivity index (χ3v) is 4.27. The number of rotatable bonds is 8. The van der Waals surface area contributed by atoms with E-state index < -0.39 is 0 Å². The maximum absolute atomic E-state index is 12.6. The van der Waals surface area contributed by atoms with Crippen molar-refractivity contribution in [3.8, 4) is 11.5 Å². The molecule has 0 atom stereocenters. The Morgan fingerprint density at radius 1 is 0.852 bits per heavy atom. The van der Waals surface area contributed by atoms with E-state index in [1.54, 1.807) is 7.11 Å². The van der Waals surface area contributed by atoms with Crippen molar-refractivity contribution in [2.75, 3.05) is 13.7 Å². The van der Waals surface area contributed by atoms with Crippen LogP contribution in [-0.4, -0.2) is 19.6 Å². The molecule has 0 saturated carbocycles. The molecule has 0 saturated heterocycles. The van der Waals surface area contributed by atoms with Crippen LogP contribution in [0.5, 0.6) is 11.5 Å². The second-order valence-corrected chi connectivity index (χ2v) is 6.08. The number of hydrogen-bond donors (Lipinski definition) is 1. The Hall–Kier alpha value is -3.27. The van der Waals surface area contributed by atoms with Crippen LogP contribution in [0, 0.1) is 0 Å². The summed E-state index contributed by atoms with van der Waals surface area (Å²) in [6.07, 6.45) is 0.707. The van der Waals surface area contributed by atoms with Crippen molar-refractivity contribution in [2.24, 2.45) is 0 Å². The van der Waals surface area contributed by atoms with Crippen molar-refractivity contribution in [2.45, 2.75) is 13.0 Å². The fraction of sp³-hybridized carbons (Fsp3) is 0.174. The molecule has 3 aromatic carbocycles. The summed E-state index contributed by atoms with van der Waals surface area (Å²) in [6, 6.07) is 24.9. The number of amides is 1. The minimum atomic E-state index is -0.0999. The van der Waals surface area contributed by atoms with Gasteiger partial charge in [-0.1, -0.05) is 54.6 Å². The first kappa shape index (κ1) is 18.5. The summed E-state index contributed by atoms with van der Waals surface area (Å²) in [4.78, 5) is 12.6. The van der Waals surface area contributed by atoms with E-state index in [-0.39, 0.29) is 5.91 Å². The predicted molar refractivity (Wildman–Crippen MR) is 106 cm³/mol. The Morgan fingerprint density at radius 3 is 2.30 bits per heavy atom. The van der Waals surface area contributed by atoms with E-state index >= 15 is 0 Å². The maximum atomic E-state index is 12.6. The molecule has 0 spiro atoms. The minimum absolute atomic E-state index is 0.0999. The van der Waals surface area contributed by atoms with Crippen LogP contribution >= 0.6 is 0 Å². The molecule has 1 amide bonds. The van der Waals surface area contributed by atoms with Crippen molar-refractivity contribution in [3.05, 3.63) is 95.6 Å². The lowest BCUT2D eigenvalue weighted by atomic mass is 10.1. The fourth-order valence-electron chi connectivity index (χ4n) is 2.86. The van der Waals surface area contributed by atoms with Crippen LogP contribution in [0.1, 0.15) is 21.5 Å². The van der Waals surface area contributed by atoms with Gasteiger partial charge < -0.3 is 14.8 Å². The molecule has 138 valence electrons. The second-order valence-electron chi connectivity index (χ2n) is 6.08. The summed E-state index contributed by atoms with van der Waals surface area (Å²) in [5.74, 6) is 1.52. The zero-order valence-electron chi connectivity index (χ0n) is 15.4. The summed E-state index contributed by atoms with van der Waals surface area (Å²) < 4.78 is 11.1. The van der Waals surface area contributed by atoms with Crippen LogP contribution < -0.4 is 14.8 Å². The van der Waals surface area contributed by atoms with Gasteiger partial charge in [0, 0.05) is 17.7 Å². The Morgan fingerprint density at radius 2 is 1.52 bits per heavy atom. The lowest BCUT2D eigenvalue weighted by Gasteiger charge is -2.12. The van der Waals surface area contributed by atoms with Gasteiger partial charge in [-0.2, -0.15) is 0 Å². The third-order valence-electron chi connectivity index (χ3n) is 4.27. The van der Waals surface area contributed by atoms with Gasteiger partial charge in [-0.25, -0.2) is 0 Å². The number of benzene rings is 3. The first-order valence-electron chi connectivity index (χ1n) is 8.94. The van der Waals surface area contributed by atoms with E-state index in [4.69, 9.17) is 9.47 Å². The maximum Gasteiger partial charge on any atom is 0.251 e. The van der Waals surface area contributed by atoms with Crippen LogP contribution in [0.25, 0.3) is 0 Å². The quantitative estimate of drug-likeness (QED) is 0.653. The summed E-state index contributed by atoms with van der Waals surface area (Å²) in [7, 11) is 1.65. The molecule has 0 aliphatic carbocycles. The number of ether oxygens (including phenoxy) is 2. The minimum Gasteiger partial charge on any atom is -0.496 e. The van der Waals surface area contributed by atoms with Gasteiger partial charge in [0.2, 0.25) is 0 Å². The standard InChI is InChI=1S/C23H23NO3/c1-26-22-14-8-6-9-18(22)15-16-24-23(25)21-13-7-5-10-19(21)17-27-20-11-3-2-4-12-20/h2-14H,15-17H2,1H3,(H,24,25). The monoisotopic (exact) mass is 361 g/mol. The summed E-state index contributed by atoms with van der Waals surface area (Å²) in [5.41, 5.74) is 2.56. The molecule has 0 aromatic heterocycles. The summed E-state index contributed by atoms with van der Waals surface area (Å²) in [5, 5.41) is 2.99. The number of carbonyl (C=O) groups excluding carboxylic acids is 1. The topological polar surface area (TPSA) is 47.6 Å². The van der Waals surface area contributed by atoms with Crippen molar-refractivity contribution in [1.29, 1.82) is 0 Å². The Bertz CT molecular complexity index is 878. The molecule has 0 bridgehead atoms. The van der Waals surface area contributed by atoms with Gasteiger partial charge in [-0.05, 0) is 36.2 Å². The highest BCUT2D eigenvalue weighted by molar-refractivity contribution is 5.95. The molecule has 4 heteroatoms. The largest absolute Gasteiger partial charge is 0.496 e. The average Bonchev–Trinajstić information content (AvgIpc) is 2.73. The zero-order valence-corrected chi connectivity index (χ0v) is 15.4. The van der Waals surface area contributed by atoms with Crippen molar-refractivity contribution in [3.63, 3.8) is 0 Å². The zero-order chi connectivity index (χ0) is 18.9. The molecule has 1 N–H and O–H groups in total. The van der Waals surface area contributed by atoms with Crippen LogP contribution in [0.2, 0.25) is 0 Å². The van der Waals surface area contributed by atoms with E-state index in [9.17, 15) is 4.79 Å². The normalized spacial score (nSPS) is 10.3. The molecule has 0 unspecified atom stereocenters. The van der Waals surface area contributed by atoms with Gasteiger partial charge in [-0.3, -0.25) is 4.79 Å². The third kappa shape index (κ3) is 5.11. The Labute approximate surface area is 159 Å². The van der Waals surface area contributed by atoms with Crippen LogP contribution in [0.3, 0.4) is 0 Å². The number of methoxy groups -OCH3 is 1. The van der Waals surface area contributed by atoms with Gasteiger partial charge in [0.05, 0.1) is 7.11 Å². The first-order valence-corrected chi connectivity index (χ1v) is 8.94. The van der Waals surface area contributed by atoms with Crippen LogP contribution in [0.4, 0.5) is 0 Å². The van der Waals surface area contributed by atoms with Crippen molar-refractivity contribution >= 4 is 5.91 Å². The SMILES string of the molecule is COc1ccccc1CCNC(=O)c1ccccc1COc1ccccc1. The van der Waals surface area contributed by atoms with E-state index in [0.717, 1.165) is 22.6 Å². The first-order chi connectivity index (χ1) is 13.3.